The maximum absolute atomic E-state index is 11.3. The van der Waals surface area contributed by atoms with Gasteiger partial charge in [0.2, 0.25) is 0 Å². The van der Waals surface area contributed by atoms with Crippen LogP contribution in [0.2, 0.25) is 0 Å². The normalized spacial score (nSPS) is 11.0. The molecule has 0 aliphatic carbocycles. The molecule has 0 aliphatic rings. The molecule has 0 amide bonds. The van der Waals surface area contributed by atoms with Gasteiger partial charge in [-0.2, -0.15) is 4.68 Å². The van der Waals surface area contributed by atoms with Crippen molar-refractivity contribution in [3.05, 3.63) is 109 Å². The maximum atomic E-state index is 11.3. The van der Waals surface area contributed by atoms with Crippen molar-refractivity contribution in [1.29, 1.82) is 0 Å². The SMILES string of the molecule is O=C(O)c1ccc(-n2nc(-c3ccc(-c4ccccc4)cc3)nc2-c2ccc3nccnc3c2)nc1. The highest BCUT2D eigenvalue weighted by molar-refractivity contribution is 5.87. The van der Waals surface area contributed by atoms with E-state index in [2.05, 4.69) is 27.1 Å². The average molecular weight is 470 g/mol. The van der Waals surface area contributed by atoms with Crippen LogP contribution in [0.1, 0.15) is 10.4 Å². The molecule has 0 fully saturated rings. The second kappa shape index (κ2) is 8.84. The highest BCUT2D eigenvalue weighted by atomic mass is 16.4. The molecular weight excluding hydrogens is 452 g/mol. The summed E-state index contributed by atoms with van der Waals surface area (Å²) in [7, 11) is 0. The van der Waals surface area contributed by atoms with Gasteiger partial charge in [-0.15, -0.1) is 5.10 Å². The first-order valence-electron chi connectivity index (χ1n) is 11.2. The standard InChI is InChI=1S/C28H18N6O2/c35-28(36)22-11-13-25(31-17-22)34-27(21-10-12-23-24(16-21)30-15-14-29-23)32-26(33-34)20-8-6-19(7-9-20)18-4-2-1-3-5-18/h1-17H,(H,35,36). The Morgan fingerprint density at radius 1 is 0.694 bits per heavy atom. The molecule has 0 saturated carbocycles. The molecule has 172 valence electrons. The van der Waals surface area contributed by atoms with Crippen LogP contribution >= 0.6 is 0 Å². The van der Waals surface area contributed by atoms with Gasteiger partial charge in [0.1, 0.15) is 0 Å². The molecule has 0 atom stereocenters. The molecule has 36 heavy (non-hydrogen) atoms. The summed E-state index contributed by atoms with van der Waals surface area (Å²) < 4.78 is 1.61. The van der Waals surface area contributed by atoms with Gasteiger partial charge in [0.15, 0.2) is 17.5 Å². The Kier molecular flexibility index (Phi) is 5.23. The van der Waals surface area contributed by atoms with E-state index in [9.17, 15) is 9.90 Å². The van der Waals surface area contributed by atoms with Crippen LogP contribution in [-0.4, -0.2) is 40.8 Å². The minimum absolute atomic E-state index is 0.0955. The zero-order valence-corrected chi connectivity index (χ0v) is 18.9. The molecule has 0 unspecified atom stereocenters. The fourth-order valence-electron chi connectivity index (χ4n) is 3.96. The van der Waals surface area contributed by atoms with Gasteiger partial charge in [0.05, 0.1) is 16.6 Å². The molecule has 0 spiro atoms. The lowest BCUT2D eigenvalue weighted by molar-refractivity contribution is 0.0696. The van der Waals surface area contributed by atoms with E-state index in [1.807, 2.05) is 60.7 Å². The van der Waals surface area contributed by atoms with Gasteiger partial charge in [0, 0.05) is 29.7 Å². The summed E-state index contributed by atoms with van der Waals surface area (Å²) >= 11 is 0. The Labute approximate surface area is 205 Å². The van der Waals surface area contributed by atoms with Crippen LogP contribution in [0.4, 0.5) is 0 Å². The molecule has 1 N–H and O–H groups in total. The van der Waals surface area contributed by atoms with E-state index in [1.165, 1.54) is 12.3 Å². The summed E-state index contributed by atoms with van der Waals surface area (Å²) in [5.74, 6) is 0.488. The largest absolute Gasteiger partial charge is 0.478 e. The number of hydrogen-bond donors (Lipinski definition) is 1. The van der Waals surface area contributed by atoms with Crippen molar-refractivity contribution in [1.82, 2.24) is 29.7 Å². The lowest BCUT2D eigenvalue weighted by Gasteiger charge is -2.06. The first kappa shape index (κ1) is 21.3. The van der Waals surface area contributed by atoms with Crippen molar-refractivity contribution >= 4 is 17.0 Å². The van der Waals surface area contributed by atoms with Gasteiger partial charge in [-0.05, 0) is 41.5 Å². The van der Waals surface area contributed by atoms with E-state index >= 15 is 0 Å². The second-order valence-electron chi connectivity index (χ2n) is 8.08. The lowest BCUT2D eigenvalue weighted by Crippen LogP contribution is -2.04. The summed E-state index contributed by atoms with van der Waals surface area (Å²) in [6.07, 6.45) is 4.60. The third-order valence-corrected chi connectivity index (χ3v) is 5.80. The topological polar surface area (TPSA) is 107 Å². The Hall–Kier alpha value is -5.24. The molecule has 0 bridgehead atoms. The van der Waals surface area contributed by atoms with Gasteiger partial charge >= 0.3 is 5.97 Å². The van der Waals surface area contributed by atoms with Crippen LogP contribution in [0, 0.1) is 0 Å². The van der Waals surface area contributed by atoms with E-state index in [1.54, 1.807) is 23.1 Å². The Morgan fingerprint density at radius 2 is 1.39 bits per heavy atom. The number of benzene rings is 3. The highest BCUT2D eigenvalue weighted by Gasteiger charge is 2.17. The van der Waals surface area contributed by atoms with Gasteiger partial charge in [-0.25, -0.2) is 14.8 Å². The first-order chi connectivity index (χ1) is 17.7. The lowest BCUT2D eigenvalue weighted by atomic mass is 10.0. The monoisotopic (exact) mass is 470 g/mol. The predicted octanol–water partition coefficient (Wildman–Crippen LogP) is 5.30. The fourth-order valence-corrected chi connectivity index (χ4v) is 3.96. The first-order valence-corrected chi connectivity index (χ1v) is 11.2. The number of pyridine rings is 1. The Bertz CT molecular complexity index is 1690. The molecule has 3 aromatic heterocycles. The molecule has 8 heteroatoms. The smallest absolute Gasteiger partial charge is 0.337 e. The number of rotatable bonds is 5. The third kappa shape index (κ3) is 3.97. The molecule has 0 aliphatic heterocycles. The molecule has 8 nitrogen and oxygen atoms in total. The summed E-state index contributed by atoms with van der Waals surface area (Å²) in [4.78, 5) is 29.2. The zero-order valence-electron chi connectivity index (χ0n) is 18.9. The van der Waals surface area contributed by atoms with E-state index in [4.69, 9.17) is 10.1 Å². The van der Waals surface area contributed by atoms with E-state index in [0.29, 0.717) is 17.5 Å². The van der Waals surface area contributed by atoms with Gasteiger partial charge < -0.3 is 5.11 Å². The molecule has 3 aromatic carbocycles. The number of hydrogen-bond acceptors (Lipinski definition) is 6. The predicted molar refractivity (Wildman–Crippen MR) is 136 cm³/mol. The van der Waals surface area contributed by atoms with Crippen LogP contribution < -0.4 is 0 Å². The van der Waals surface area contributed by atoms with Gasteiger partial charge in [0.25, 0.3) is 0 Å². The van der Waals surface area contributed by atoms with E-state index < -0.39 is 5.97 Å². The fraction of sp³-hybridized carbons (Fsp3) is 0. The molecule has 6 rings (SSSR count). The number of nitrogens with zero attached hydrogens (tertiary/aromatic N) is 6. The Balaban J connectivity index is 1.46. The number of aromatic nitrogens is 6. The summed E-state index contributed by atoms with van der Waals surface area (Å²) in [6, 6.07) is 27.0. The molecular formula is C28H18N6O2. The van der Waals surface area contributed by atoms with Crippen molar-refractivity contribution in [2.75, 3.05) is 0 Å². The second-order valence-corrected chi connectivity index (χ2v) is 8.08. The summed E-state index contributed by atoms with van der Waals surface area (Å²) in [5.41, 5.74) is 5.45. The maximum Gasteiger partial charge on any atom is 0.337 e. The van der Waals surface area contributed by atoms with Crippen molar-refractivity contribution in [3.8, 4) is 39.7 Å². The zero-order chi connectivity index (χ0) is 24.5. The highest BCUT2D eigenvalue weighted by Crippen LogP contribution is 2.28. The van der Waals surface area contributed by atoms with Crippen molar-refractivity contribution in [2.24, 2.45) is 0 Å². The average Bonchev–Trinajstić information content (AvgIpc) is 3.39. The summed E-state index contributed by atoms with van der Waals surface area (Å²) in [5, 5.41) is 14.0. The third-order valence-electron chi connectivity index (χ3n) is 5.80. The quantitative estimate of drug-likeness (QED) is 0.364. The summed E-state index contributed by atoms with van der Waals surface area (Å²) in [6.45, 7) is 0. The molecule has 0 saturated heterocycles. The molecule has 3 heterocycles. The number of carbonyl (C=O) groups is 1. The van der Waals surface area contributed by atoms with Crippen LogP contribution in [-0.2, 0) is 0 Å². The minimum atomic E-state index is -1.04. The number of aromatic carboxylic acids is 1. The van der Waals surface area contributed by atoms with Gasteiger partial charge in [-0.1, -0.05) is 54.6 Å². The van der Waals surface area contributed by atoms with Crippen molar-refractivity contribution < 1.29 is 9.90 Å². The van der Waals surface area contributed by atoms with Crippen LogP contribution in [0.25, 0.3) is 50.8 Å². The van der Waals surface area contributed by atoms with Crippen LogP contribution in [0.5, 0.6) is 0 Å². The molecule has 0 radical (unpaired) electrons. The number of carboxylic acids is 1. The van der Waals surface area contributed by atoms with Gasteiger partial charge in [-0.3, -0.25) is 9.97 Å². The minimum Gasteiger partial charge on any atom is -0.478 e. The van der Waals surface area contributed by atoms with E-state index in [0.717, 1.165) is 33.3 Å². The van der Waals surface area contributed by atoms with Crippen LogP contribution in [0.15, 0.2) is 104 Å². The van der Waals surface area contributed by atoms with Crippen molar-refractivity contribution in [2.45, 2.75) is 0 Å². The molecule has 6 aromatic rings. The van der Waals surface area contributed by atoms with E-state index in [-0.39, 0.29) is 5.56 Å². The van der Waals surface area contributed by atoms with Crippen LogP contribution in [0.3, 0.4) is 0 Å². The number of fused-ring (bicyclic) bond motifs is 1. The van der Waals surface area contributed by atoms with Crippen molar-refractivity contribution in [3.63, 3.8) is 0 Å². The number of carboxylic acid groups (broad SMARTS) is 1. The Morgan fingerprint density at radius 3 is 2.11 bits per heavy atom.